The third-order valence-electron chi connectivity index (χ3n) is 6.10. The van der Waals surface area contributed by atoms with Gasteiger partial charge in [-0.25, -0.2) is 0 Å². The number of likely N-dealkylation sites (tertiary alicyclic amines) is 1. The third kappa shape index (κ3) is 3.21. The first-order valence-electron chi connectivity index (χ1n) is 9.43. The van der Waals surface area contributed by atoms with Gasteiger partial charge >= 0.3 is 11.9 Å². The van der Waals surface area contributed by atoms with Gasteiger partial charge in [0.15, 0.2) is 0 Å². The first kappa shape index (κ1) is 19.3. The highest BCUT2D eigenvalue weighted by atomic mass is 16.5. The monoisotopic (exact) mass is 397 g/mol. The number of hydrogen-bond acceptors (Lipinski definition) is 5. The summed E-state index contributed by atoms with van der Waals surface area (Å²) >= 11 is 0. The molecular weight excluding hydrogens is 374 g/mol. The molecule has 0 aromatic heterocycles. The molecule has 2 aromatic rings. The molecule has 152 valence electrons. The van der Waals surface area contributed by atoms with Crippen LogP contribution in [0.3, 0.4) is 0 Å². The normalized spacial score (nSPS) is 25.3. The minimum Gasteiger partial charge on any atom is -0.496 e. The Labute approximate surface area is 168 Å². The summed E-state index contributed by atoms with van der Waals surface area (Å²) in [5.41, 5.74) is -0.429. The van der Waals surface area contributed by atoms with Crippen LogP contribution >= 0.6 is 0 Å². The van der Waals surface area contributed by atoms with E-state index in [1.54, 1.807) is 13.2 Å². The van der Waals surface area contributed by atoms with E-state index in [-0.39, 0.29) is 19.5 Å². The fourth-order valence-electron chi connectivity index (χ4n) is 4.44. The molecule has 1 aliphatic carbocycles. The van der Waals surface area contributed by atoms with Crippen molar-refractivity contribution in [2.24, 2.45) is 10.8 Å². The van der Waals surface area contributed by atoms with Gasteiger partial charge in [-0.3, -0.25) is 14.5 Å². The average Bonchev–Trinajstić information content (AvgIpc) is 3.26. The molecule has 0 bridgehead atoms. The highest BCUT2D eigenvalue weighted by Gasteiger charge is 2.80. The molecule has 7 heteroatoms. The Bertz CT molecular complexity index is 918. The van der Waals surface area contributed by atoms with Crippen LogP contribution in [0, 0.1) is 10.8 Å². The van der Waals surface area contributed by atoms with Crippen LogP contribution in [0.4, 0.5) is 0 Å². The zero-order valence-corrected chi connectivity index (χ0v) is 16.1. The standard InChI is InChI=1S/C22H23NO6/c1-28-18-9-17(29-11-15-5-3-2-4-6-15)8-7-16(18)10-23-13-21(19(24)25)12-22(21,14-23)20(26)27/h2-9H,10-14H2,1H3,(H,24,25)(H,26,27)/t21-,22+. The lowest BCUT2D eigenvalue weighted by molar-refractivity contribution is -0.151. The summed E-state index contributed by atoms with van der Waals surface area (Å²) in [5, 5.41) is 19.1. The number of carbonyl (C=O) groups is 2. The minimum absolute atomic E-state index is 0.199. The fraction of sp³-hybridized carbons (Fsp3) is 0.364. The number of aliphatic carboxylic acids is 2. The molecule has 1 aliphatic heterocycles. The van der Waals surface area contributed by atoms with E-state index in [4.69, 9.17) is 9.47 Å². The molecular formula is C22H23NO6. The zero-order valence-electron chi connectivity index (χ0n) is 16.1. The summed E-state index contributed by atoms with van der Waals surface area (Å²) in [7, 11) is 1.57. The van der Waals surface area contributed by atoms with Gasteiger partial charge in [-0.15, -0.1) is 0 Å². The van der Waals surface area contributed by atoms with Crippen molar-refractivity contribution in [3.05, 3.63) is 59.7 Å². The van der Waals surface area contributed by atoms with Crippen LogP contribution in [-0.2, 0) is 22.7 Å². The van der Waals surface area contributed by atoms with E-state index in [2.05, 4.69) is 0 Å². The smallest absolute Gasteiger partial charge is 0.312 e. The molecule has 2 aromatic carbocycles. The van der Waals surface area contributed by atoms with Gasteiger partial charge in [-0.05, 0) is 18.1 Å². The number of methoxy groups -OCH3 is 1. The van der Waals surface area contributed by atoms with Gasteiger partial charge in [0.1, 0.15) is 18.1 Å². The highest BCUT2D eigenvalue weighted by molar-refractivity contribution is 5.94. The van der Waals surface area contributed by atoms with E-state index in [9.17, 15) is 19.8 Å². The lowest BCUT2D eigenvalue weighted by Gasteiger charge is -2.21. The molecule has 2 aliphatic rings. The predicted octanol–water partition coefficient (Wildman–Crippen LogP) is 2.64. The van der Waals surface area contributed by atoms with E-state index in [0.717, 1.165) is 11.1 Å². The van der Waals surface area contributed by atoms with Crippen molar-refractivity contribution in [2.45, 2.75) is 19.6 Å². The van der Waals surface area contributed by atoms with E-state index in [1.807, 2.05) is 47.4 Å². The topological polar surface area (TPSA) is 96.3 Å². The number of ether oxygens (including phenoxy) is 2. The Morgan fingerprint density at radius 2 is 1.69 bits per heavy atom. The molecule has 0 spiro atoms. The van der Waals surface area contributed by atoms with Crippen molar-refractivity contribution in [1.29, 1.82) is 0 Å². The maximum Gasteiger partial charge on any atom is 0.312 e. The number of nitrogens with zero attached hydrogens (tertiary/aromatic N) is 1. The van der Waals surface area contributed by atoms with Crippen LogP contribution < -0.4 is 9.47 Å². The number of piperidine rings is 1. The van der Waals surface area contributed by atoms with Gasteiger partial charge in [0, 0.05) is 31.3 Å². The van der Waals surface area contributed by atoms with E-state index in [0.29, 0.717) is 24.7 Å². The summed E-state index contributed by atoms with van der Waals surface area (Å²) in [6, 6.07) is 15.4. The highest BCUT2D eigenvalue weighted by Crippen LogP contribution is 2.68. The lowest BCUT2D eigenvalue weighted by Crippen LogP contribution is -2.28. The first-order valence-corrected chi connectivity index (χ1v) is 9.43. The second kappa shape index (κ2) is 7.08. The van der Waals surface area contributed by atoms with Crippen molar-refractivity contribution in [3.63, 3.8) is 0 Å². The molecule has 0 radical (unpaired) electrons. The Balaban J connectivity index is 1.46. The maximum absolute atomic E-state index is 11.7. The van der Waals surface area contributed by atoms with E-state index >= 15 is 0 Å². The number of carboxylic acids is 2. The summed E-state index contributed by atoms with van der Waals surface area (Å²) in [6.07, 6.45) is 0.199. The molecule has 0 amide bonds. The van der Waals surface area contributed by atoms with Gasteiger partial charge in [0.25, 0.3) is 0 Å². The van der Waals surface area contributed by atoms with E-state index < -0.39 is 22.8 Å². The molecule has 0 unspecified atom stereocenters. The van der Waals surface area contributed by atoms with Gasteiger partial charge in [-0.1, -0.05) is 36.4 Å². The Morgan fingerprint density at radius 3 is 2.28 bits per heavy atom. The van der Waals surface area contributed by atoms with Crippen molar-refractivity contribution in [3.8, 4) is 11.5 Å². The number of fused-ring (bicyclic) bond motifs is 1. The minimum atomic E-state index is -1.18. The maximum atomic E-state index is 11.7. The van der Waals surface area contributed by atoms with Gasteiger partial charge < -0.3 is 19.7 Å². The average molecular weight is 397 g/mol. The lowest BCUT2D eigenvalue weighted by atomic mass is 9.97. The molecule has 2 atom stereocenters. The molecule has 29 heavy (non-hydrogen) atoms. The Kier molecular flexibility index (Phi) is 4.70. The van der Waals surface area contributed by atoms with Crippen molar-refractivity contribution in [2.75, 3.05) is 20.2 Å². The van der Waals surface area contributed by atoms with Crippen LogP contribution in [0.2, 0.25) is 0 Å². The molecule has 1 saturated heterocycles. The van der Waals surface area contributed by atoms with E-state index in [1.165, 1.54) is 0 Å². The number of benzene rings is 2. The van der Waals surface area contributed by atoms with Crippen molar-refractivity contribution >= 4 is 11.9 Å². The van der Waals surface area contributed by atoms with Crippen LogP contribution in [0.25, 0.3) is 0 Å². The van der Waals surface area contributed by atoms with Crippen LogP contribution in [0.15, 0.2) is 48.5 Å². The van der Waals surface area contributed by atoms with Gasteiger partial charge in [0.2, 0.25) is 0 Å². The fourth-order valence-corrected chi connectivity index (χ4v) is 4.44. The quantitative estimate of drug-likeness (QED) is 0.707. The van der Waals surface area contributed by atoms with Crippen molar-refractivity contribution in [1.82, 2.24) is 4.90 Å². The second-order valence-electron chi connectivity index (χ2n) is 7.84. The molecule has 2 N–H and O–H groups in total. The van der Waals surface area contributed by atoms with Crippen LogP contribution in [-0.4, -0.2) is 47.3 Å². The SMILES string of the molecule is COc1cc(OCc2ccccc2)ccc1CN1C[C@@]2(C(=O)O)C[C@@]2(C(=O)O)C1. The number of carboxylic acid groups (broad SMARTS) is 2. The predicted molar refractivity (Wildman–Crippen MR) is 104 cm³/mol. The van der Waals surface area contributed by atoms with Gasteiger partial charge in [0.05, 0.1) is 17.9 Å². The summed E-state index contributed by atoms with van der Waals surface area (Å²) in [5.74, 6) is -0.759. The second-order valence-corrected chi connectivity index (χ2v) is 7.84. The molecule has 1 heterocycles. The Hall–Kier alpha value is -3.06. The number of rotatable bonds is 8. The molecule has 2 fully saturated rings. The van der Waals surface area contributed by atoms with Gasteiger partial charge in [-0.2, -0.15) is 0 Å². The number of hydrogen-bond donors (Lipinski definition) is 2. The first-order chi connectivity index (χ1) is 13.9. The molecule has 7 nitrogen and oxygen atoms in total. The molecule has 1 saturated carbocycles. The van der Waals surface area contributed by atoms with Crippen LogP contribution in [0.5, 0.6) is 11.5 Å². The largest absolute Gasteiger partial charge is 0.496 e. The Morgan fingerprint density at radius 1 is 1.03 bits per heavy atom. The van der Waals surface area contributed by atoms with Crippen LogP contribution in [0.1, 0.15) is 17.5 Å². The summed E-state index contributed by atoms with van der Waals surface area (Å²) in [6.45, 7) is 1.32. The summed E-state index contributed by atoms with van der Waals surface area (Å²) < 4.78 is 11.3. The summed E-state index contributed by atoms with van der Waals surface area (Å²) in [4.78, 5) is 25.3. The van der Waals surface area contributed by atoms with Crippen molar-refractivity contribution < 1.29 is 29.3 Å². The molecule has 4 rings (SSSR count). The zero-order chi connectivity index (χ0) is 20.6. The third-order valence-corrected chi connectivity index (χ3v) is 6.10.